The molecule has 10 heteroatoms. The van der Waals surface area contributed by atoms with E-state index in [0.717, 1.165) is 12.1 Å². The zero-order valence-corrected chi connectivity index (χ0v) is 9.73. The van der Waals surface area contributed by atoms with Crippen molar-refractivity contribution in [1.29, 1.82) is 0 Å². The Morgan fingerprint density at radius 1 is 0.947 bits per heavy atom. The van der Waals surface area contributed by atoms with Crippen molar-refractivity contribution < 1.29 is 38.9 Å². The number of halogens is 6. The van der Waals surface area contributed by atoms with Crippen LogP contribution in [0.5, 0.6) is 5.75 Å². The van der Waals surface area contributed by atoms with Gasteiger partial charge in [-0.1, -0.05) is 12.1 Å². The van der Waals surface area contributed by atoms with E-state index in [4.69, 9.17) is 0 Å². The maximum absolute atomic E-state index is 12.0. The fraction of sp³-hybridized carbons (Fsp3) is 0.333. The van der Waals surface area contributed by atoms with Crippen molar-refractivity contribution in [3.05, 3.63) is 29.8 Å². The van der Waals surface area contributed by atoms with Gasteiger partial charge in [0.15, 0.2) is 0 Å². The minimum atomic E-state index is -5.82. The Kier molecular flexibility index (Phi) is 4.03. The van der Waals surface area contributed by atoms with Crippen LogP contribution in [0.25, 0.3) is 0 Å². The lowest BCUT2D eigenvalue weighted by atomic mass is 10.1. The van der Waals surface area contributed by atoms with E-state index in [2.05, 4.69) is 4.18 Å². The first-order valence-electron chi connectivity index (χ1n) is 4.57. The van der Waals surface area contributed by atoms with Crippen molar-refractivity contribution in [3.8, 4) is 5.75 Å². The van der Waals surface area contributed by atoms with Gasteiger partial charge in [0.1, 0.15) is 5.75 Å². The van der Waals surface area contributed by atoms with Crippen molar-refractivity contribution in [1.82, 2.24) is 0 Å². The predicted octanol–water partition coefficient (Wildman–Crippen LogP) is 3.02. The molecular weight excluding hydrogens is 302 g/mol. The first kappa shape index (κ1) is 15.6. The average Bonchev–Trinajstić information content (AvgIpc) is 2.16. The first-order valence-corrected chi connectivity index (χ1v) is 5.98. The lowest BCUT2D eigenvalue weighted by Crippen LogP contribution is -2.28. The molecule has 108 valence electrons. The monoisotopic (exact) mass is 308 g/mol. The molecule has 0 amide bonds. The number of benzene rings is 1. The number of hydrogen-bond donors (Lipinski definition) is 0. The highest BCUT2D eigenvalue weighted by molar-refractivity contribution is 7.87. The third-order valence-corrected chi connectivity index (χ3v) is 2.80. The second-order valence-electron chi connectivity index (χ2n) is 3.42. The Morgan fingerprint density at radius 2 is 1.42 bits per heavy atom. The van der Waals surface area contributed by atoms with Crippen LogP contribution < -0.4 is 4.18 Å². The molecule has 0 heterocycles. The number of hydrogen-bond acceptors (Lipinski definition) is 3. The highest BCUT2D eigenvalue weighted by Crippen LogP contribution is 2.28. The van der Waals surface area contributed by atoms with Gasteiger partial charge < -0.3 is 4.18 Å². The predicted molar refractivity (Wildman–Crippen MR) is 51.8 cm³/mol. The highest BCUT2D eigenvalue weighted by Gasteiger charge is 2.48. The van der Waals surface area contributed by atoms with Crippen molar-refractivity contribution in [3.63, 3.8) is 0 Å². The fourth-order valence-corrected chi connectivity index (χ4v) is 1.53. The van der Waals surface area contributed by atoms with Crippen LogP contribution in [0, 0.1) is 0 Å². The van der Waals surface area contributed by atoms with E-state index >= 15 is 0 Å². The summed E-state index contributed by atoms with van der Waals surface area (Å²) in [5.74, 6) is -0.719. The molecule has 1 aromatic carbocycles. The van der Waals surface area contributed by atoms with Crippen molar-refractivity contribution in [2.24, 2.45) is 0 Å². The van der Waals surface area contributed by atoms with Gasteiger partial charge in [-0.25, -0.2) is 0 Å². The third-order valence-electron chi connectivity index (χ3n) is 1.82. The number of rotatable bonds is 3. The van der Waals surface area contributed by atoms with E-state index in [1.54, 1.807) is 0 Å². The highest BCUT2D eigenvalue weighted by atomic mass is 32.2. The largest absolute Gasteiger partial charge is 0.534 e. The first-order chi connectivity index (χ1) is 8.41. The molecule has 0 atom stereocenters. The SMILES string of the molecule is O=S(=O)(Oc1ccc(CC(F)(F)F)cc1)C(F)(F)F. The van der Waals surface area contributed by atoms with Gasteiger partial charge in [0, 0.05) is 0 Å². The van der Waals surface area contributed by atoms with Crippen LogP contribution in [-0.4, -0.2) is 20.1 Å². The molecule has 0 fully saturated rings. The van der Waals surface area contributed by atoms with Crippen LogP contribution in [-0.2, 0) is 16.5 Å². The summed E-state index contributed by atoms with van der Waals surface area (Å²) in [4.78, 5) is 0. The van der Waals surface area contributed by atoms with Crippen molar-refractivity contribution >= 4 is 10.1 Å². The van der Waals surface area contributed by atoms with Gasteiger partial charge in [0.25, 0.3) is 0 Å². The van der Waals surface area contributed by atoms with Gasteiger partial charge in [-0.3, -0.25) is 0 Å². The number of alkyl halides is 6. The van der Waals surface area contributed by atoms with E-state index in [1.807, 2.05) is 0 Å². The average molecular weight is 308 g/mol. The molecule has 0 saturated heterocycles. The molecule has 0 aliphatic carbocycles. The summed E-state index contributed by atoms with van der Waals surface area (Å²) < 4.78 is 96.8. The van der Waals surface area contributed by atoms with Gasteiger partial charge in [-0.15, -0.1) is 0 Å². The standard InChI is InChI=1S/C9H6F6O3S/c10-8(11,12)5-6-1-3-7(4-2-6)18-19(16,17)9(13,14)15/h1-4H,5H2. The zero-order chi connectivity index (χ0) is 14.9. The Balaban J connectivity index is 2.84. The van der Waals surface area contributed by atoms with Gasteiger partial charge >= 0.3 is 21.8 Å². The maximum Gasteiger partial charge on any atom is 0.534 e. The topological polar surface area (TPSA) is 43.4 Å². The van der Waals surface area contributed by atoms with E-state index in [-0.39, 0.29) is 5.56 Å². The summed E-state index contributed by atoms with van der Waals surface area (Å²) >= 11 is 0. The van der Waals surface area contributed by atoms with Crippen molar-refractivity contribution in [2.45, 2.75) is 18.1 Å². The second kappa shape index (κ2) is 4.91. The Bertz CT molecular complexity index is 529. The van der Waals surface area contributed by atoms with E-state index in [1.165, 1.54) is 0 Å². The molecule has 0 spiro atoms. The van der Waals surface area contributed by atoms with Crippen LogP contribution >= 0.6 is 0 Å². The summed E-state index contributed by atoms with van der Waals surface area (Å²) in [6.07, 6.45) is -5.75. The third kappa shape index (κ3) is 4.62. The summed E-state index contributed by atoms with van der Waals surface area (Å²) in [6, 6.07) is 3.08. The second-order valence-corrected chi connectivity index (χ2v) is 4.96. The molecule has 0 radical (unpaired) electrons. The Hall–Kier alpha value is -1.45. The lowest BCUT2D eigenvalue weighted by Gasteiger charge is -2.10. The molecule has 0 aliphatic heterocycles. The maximum atomic E-state index is 12.0. The molecular formula is C9H6F6O3S. The Labute approximate surface area is 103 Å². The van der Waals surface area contributed by atoms with Crippen LogP contribution in [0.15, 0.2) is 24.3 Å². The molecule has 1 aromatic rings. The van der Waals surface area contributed by atoms with Crippen LogP contribution in [0.1, 0.15) is 5.56 Å². The Morgan fingerprint density at radius 3 is 1.79 bits per heavy atom. The zero-order valence-electron chi connectivity index (χ0n) is 8.92. The minimum Gasteiger partial charge on any atom is -0.376 e. The summed E-state index contributed by atoms with van der Waals surface area (Å²) in [7, 11) is -5.82. The lowest BCUT2D eigenvalue weighted by molar-refractivity contribution is -0.127. The fourth-order valence-electron chi connectivity index (χ4n) is 1.07. The van der Waals surface area contributed by atoms with Crippen molar-refractivity contribution in [2.75, 3.05) is 0 Å². The van der Waals surface area contributed by atoms with E-state index < -0.39 is 34.0 Å². The minimum absolute atomic E-state index is 0.232. The van der Waals surface area contributed by atoms with Gasteiger partial charge in [-0.05, 0) is 17.7 Å². The van der Waals surface area contributed by atoms with E-state index in [9.17, 15) is 34.8 Å². The molecule has 0 unspecified atom stereocenters. The summed E-state index contributed by atoms with van der Waals surface area (Å²) in [5, 5.41) is 0. The molecule has 1 rings (SSSR count). The summed E-state index contributed by atoms with van der Waals surface area (Å²) in [5.41, 5.74) is -5.83. The quantitative estimate of drug-likeness (QED) is 0.490. The molecule has 0 aliphatic rings. The van der Waals surface area contributed by atoms with Gasteiger partial charge in [-0.2, -0.15) is 34.8 Å². The molecule has 0 N–H and O–H groups in total. The van der Waals surface area contributed by atoms with Gasteiger partial charge in [0.2, 0.25) is 0 Å². The molecule has 0 saturated carbocycles. The smallest absolute Gasteiger partial charge is 0.376 e. The summed E-state index contributed by atoms with van der Waals surface area (Å²) in [6.45, 7) is 0. The molecule has 0 bridgehead atoms. The van der Waals surface area contributed by atoms with Crippen LogP contribution in [0.2, 0.25) is 0 Å². The van der Waals surface area contributed by atoms with Gasteiger partial charge in [0.05, 0.1) is 6.42 Å². The normalized spacial score (nSPS) is 13.4. The molecule has 19 heavy (non-hydrogen) atoms. The molecule has 0 aromatic heterocycles. The van der Waals surface area contributed by atoms with Crippen LogP contribution in [0.4, 0.5) is 26.3 Å². The van der Waals surface area contributed by atoms with Crippen LogP contribution in [0.3, 0.4) is 0 Å². The molecule has 3 nitrogen and oxygen atoms in total. The van der Waals surface area contributed by atoms with E-state index in [0.29, 0.717) is 12.1 Å².